The van der Waals surface area contributed by atoms with E-state index in [1.54, 1.807) is 20.8 Å². The summed E-state index contributed by atoms with van der Waals surface area (Å²) < 4.78 is 28.0. The van der Waals surface area contributed by atoms with E-state index in [2.05, 4.69) is 4.98 Å². The third kappa shape index (κ3) is 4.18. The van der Waals surface area contributed by atoms with Crippen molar-refractivity contribution in [3.05, 3.63) is 18.3 Å². The van der Waals surface area contributed by atoms with Crippen molar-refractivity contribution in [2.75, 3.05) is 11.9 Å². The fraction of sp³-hybridized carbons (Fsp3) is 0.455. The van der Waals surface area contributed by atoms with Crippen molar-refractivity contribution in [1.29, 1.82) is 0 Å². The van der Waals surface area contributed by atoms with Crippen molar-refractivity contribution in [2.24, 2.45) is 5.14 Å². The maximum Gasteiger partial charge on any atom is 0.415 e. The quantitative estimate of drug-likeness (QED) is 0.877. The molecule has 2 N–H and O–H groups in total. The van der Waals surface area contributed by atoms with E-state index in [1.807, 2.05) is 0 Å². The molecule has 0 aromatic carbocycles. The van der Waals surface area contributed by atoms with Crippen LogP contribution in [0.5, 0.6) is 0 Å². The molecule has 0 aliphatic rings. The van der Waals surface area contributed by atoms with Crippen LogP contribution in [-0.4, -0.2) is 32.1 Å². The van der Waals surface area contributed by atoms with E-state index >= 15 is 0 Å². The molecule has 0 fully saturated rings. The van der Waals surface area contributed by atoms with Crippen LogP contribution in [0.4, 0.5) is 10.6 Å². The second-order valence-corrected chi connectivity index (χ2v) is 6.44. The number of nitrogens with zero attached hydrogens (tertiary/aromatic N) is 2. The van der Waals surface area contributed by atoms with Crippen LogP contribution in [0.25, 0.3) is 0 Å². The summed E-state index contributed by atoms with van der Waals surface area (Å²) in [6.45, 7) is 5.12. The summed E-state index contributed by atoms with van der Waals surface area (Å²) in [6, 6.07) is 2.70. The molecule has 1 aromatic heterocycles. The first-order valence-corrected chi connectivity index (χ1v) is 7.01. The Labute approximate surface area is 112 Å². The third-order valence-corrected chi connectivity index (χ3v) is 2.97. The molecular formula is C11H17N3O4S. The van der Waals surface area contributed by atoms with Gasteiger partial charge in [-0.3, -0.25) is 4.90 Å². The molecule has 0 unspecified atom stereocenters. The van der Waals surface area contributed by atoms with Crippen molar-refractivity contribution >= 4 is 21.9 Å². The zero-order valence-corrected chi connectivity index (χ0v) is 12.1. The van der Waals surface area contributed by atoms with Gasteiger partial charge in [0.1, 0.15) is 10.5 Å². The number of carbonyl (C=O) groups excluding carboxylic acids is 1. The summed E-state index contributed by atoms with van der Waals surface area (Å²) in [5.41, 5.74) is -0.693. The van der Waals surface area contributed by atoms with Crippen LogP contribution in [0.2, 0.25) is 0 Å². The summed E-state index contributed by atoms with van der Waals surface area (Å²) in [5.74, 6) is -0.0701. The van der Waals surface area contributed by atoms with E-state index in [4.69, 9.17) is 9.88 Å². The standard InChI is InChI=1S/C11H17N3O4S/c1-11(2,3)18-10(15)14(4)9-8(19(12,16)17)6-5-7-13-9/h5-7H,1-4H3,(H2,12,16,17). The predicted octanol–water partition coefficient (Wildman–Crippen LogP) is 1.10. The number of hydrogen-bond donors (Lipinski definition) is 1. The number of primary sulfonamides is 1. The average molecular weight is 287 g/mol. The fourth-order valence-corrected chi connectivity index (χ4v) is 1.99. The van der Waals surface area contributed by atoms with Crippen LogP contribution in [0.15, 0.2) is 23.2 Å². The summed E-state index contributed by atoms with van der Waals surface area (Å²) in [7, 11) is -2.60. The molecule has 8 heteroatoms. The highest BCUT2D eigenvalue weighted by Gasteiger charge is 2.25. The van der Waals surface area contributed by atoms with Crippen molar-refractivity contribution in [2.45, 2.75) is 31.3 Å². The van der Waals surface area contributed by atoms with Crippen LogP contribution >= 0.6 is 0 Å². The van der Waals surface area contributed by atoms with Gasteiger partial charge in [0.25, 0.3) is 0 Å². The van der Waals surface area contributed by atoms with Gasteiger partial charge >= 0.3 is 6.09 Å². The van der Waals surface area contributed by atoms with E-state index in [1.165, 1.54) is 25.4 Å². The summed E-state index contributed by atoms with van der Waals surface area (Å²) in [4.78, 5) is 16.5. The lowest BCUT2D eigenvalue weighted by Gasteiger charge is -2.24. The maximum atomic E-state index is 11.9. The topological polar surface area (TPSA) is 103 Å². The number of anilines is 1. The second kappa shape index (κ2) is 5.14. The van der Waals surface area contributed by atoms with Crippen LogP contribution in [0.1, 0.15) is 20.8 Å². The number of ether oxygens (including phenoxy) is 1. The minimum absolute atomic E-state index is 0.0701. The first kappa shape index (κ1) is 15.4. The molecule has 106 valence electrons. The Balaban J connectivity index is 3.14. The number of amides is 1. The maximum absolute atomic E-state index is 11.9. The molecule has 0 aliphatic carbocycles. The SMILES string of the molecule is CN(C(=O)OC(C)(C)C)c1ncccc1S(N)(=O)=O. The van der Waals surface area contributed by atoms with Gasteiger partial charge in [-0.15, -0.1) is 0 Å². The first-order chi connectivity index (χ1) is 8.52. The Morgan fingerprint density at radius 1 is 1.42 bits per heavy atom. The average Bonchev–Trinajstić information content (AvgIpc) is 2.24. The van der Waals surface area contributed by atoms with Gasteiger partial charge in [0.15, 0.2) is 5.82 Å². The molecule has 0 saturated carbocycles. The number of hydrogen-bond acceptors (Lipinski definition) is 5. The van der Waals surface area contributed by atoms with Gasteiger partial charge in [0.2, 0.25) is 10.0 Å². The van der Waals surface area contributed by atoms with E-state index in [-0.39, 0.29) is 10.7 Å². The van der Waals surface area contributed by atoms with Gasteiger partial charge in [-0.1, -0.05) is 0 Å². The summed E-state index contributed by atoms with van der Waals surface area (Å²) in [5, 5.41) is 5.08. The molecule has 0 bridgehead atoms. The molecule has 0 atom stereocenters. The molecule has 1 aromatic rings. The molecule has 1 rings (SSSR count). The molecule has 7 nitrogen and oxygen atoms in total. The molecule has 0 saturated heterocycles. The van der Waals surface area contributed by atoms with Crippen LogP contribution in [0.3, 0.4) is 0 Å². The minimum Gasteiger partial charge on any atom is -0.443 e. The van der Waals surface area contributed by atoms with E-state index in [9.17, 15) is 13.2 Å². The summed E-state index contributed by atoms with van der Waals surface area (Å²) >= 11 is 0. The van der Waals surface area contributed by atoms with E-state index in [0.29, 0.717) is 0 Å². The Hall–Kier alpha value is -1.67. The Morgan fingerprint density at radius 3 is 2.47 bits per heavy atom. The minimum atomic E-state index is -3.97. The lowest BCUT2D eigenvalue weighted by atomic mass is 10.2. The Morgan fingerprint density at radius 2 is 2.00 bits per heavy atom. The number of nitrogens with two attached hydrogens (primary N) is 1. The van der Waals surface area contributed by atoms with Crippen molar-refractivity contribution in [3.8, 4) is 0 Å². The second-order valence-electron chi connectivity index (χ2n) is 4.91. The molecule has 19 heavy (non-hydrogen) atoms. The first-order valence-electron chi connectivity index (χ1n) is 5.47. The van der Waals surface area contributed by atoms with Crippen molar-refractivity contribution < 1.29 is 17.9 Å². The normalized spacial score (nSPS) is 12.1. The summed E-state index contributed by atoms with van der Waals surface area (Å²) in [6.07, 6.45) is 0.654. The molecule has 0 radical (unpaired) electrons. The number of pyridine rings is 1. The van der Waals surface area contributed by atoms with Crippen LogP contribution in [0, 0.1) is 0 Å². The number of aromatic nitrogens is 1. The highest BCUT2D eigenvalue weighted by molar-refractivity contribution is 7.89. The van der Waals surface area contributed by atoms with Gasteiger partial charge < -0.3 is 4.74 Å². The number of carbonyl (C=O) groups is 1. The lowest BCUT2D eigenvalue weighted by Crippen LogP contribution is -2.35. The zero-order valence-electron chi connectivity index (χ0n) is 11.2. The smallest absolute Gasteiger partial charge is 0.415 e. The highest BCUT2D eigenvalue weighted by Crippen LogP contribution is 2.21. The van der Waals surface area contributed by atoms with E-state index < -0.39 is 21.7 Å². The van der Waals surface area contributed by atoms with Crippen LogP contribution < -0.4 is 10.0 Å². The van der Waals surface area contributed by atoms with Gasteiger partial charge in [-0.2, -0.15) is 0 Å². The largest absolute Gasteiger partial charge is 0.443 e. The van der Waals surface area contributed by atoms with Gasteiger partial charge in [-0.25, -0.2) is 23.3 Å². The van der Waals surface area contributed by atoms with Gasteiger partial charge in [0, 0.05) is 13.2 Å². The molecule has 0 aliphatic heterocycles. The van der Waals surface area contributed by atoms with Crippen molar-refractivity contribution in [1.82, 2.24) is 4.98 Å². The molecule has 0 spiro atoms. The monoisotopic (exact) mass is 287 g/mol. The van der Waals surface area contributed by atoms with E-state index in [0.717, 1.165) is 4.90 Å². The predicted molar refractivity (Wildman–Crippen MR) is 70.2 cm³/mol. The highest BCUT2D eigenvalue weighted by atomic mass is 32.2. The zero-order chi connectivity index (χ0) is 14.8. The lowest BCUT2D eigenvalue weighted by molar-refractivity contribution is 0.0587. The fourth-order valence-electron chi connectivity index (χ4n) is 1.27. The third-order valence-electron chi connectivity index (χ3n) is 2.04. The molecular weight excluding hydrogens is 270 g/mol. The van der Waals surface area contributed by atoms with Gasteiger partial charge in [-0.05, 0) is 32.9 Å². The Kier molecular flexibility index (Phi) is 4.16. The molecule has 1 heterocycles. The number of sulfonamides is 1. The molecule has 1 amide bonds. The number of rotatable bonds is 2. The van der Waals surface area contributed by atoms with Crippen molar-refractivity contribution in [3.63, 3.8) is 0 Å². The van der Waals surface area contributed by atoms with Gasteiger partial charge in [0.05, 0.1) is 0 Å². The Bertz CT molecular complexity index is 578. The van der Waals surface area contributed by atoms with Crippen LogP contribution in [-0.2, 0) is 14.8 Å².